The van der Waals surface area contributed by atoms with Gasteiger partial charge >= 0.3 is 6.18 Å². The maximum absolute atomic E-state index is 14.5. The van der Waals surface area contributed by atoms with Crippen LogP contribution in [0.1, 0.15) is 31.4 Å². The van der Waals surface area contributed by atoms with Gasteiger partial charge in [-0.1, -0.05) is 6.07 Å². The fraction of sp³-hybridized carbons (Fsp3) is 0.480. The number of likely N-dealkylation sites (tertiary alicyclic amines) is 1. The Morgan fingerprint density at radius 1 is 1.27 bits per heavy atom. The lowest BCUT2D eigenvalue weighted by Crippen LogP contribution is -2.58. The van der Waals surface area contributed by atoms with Crippen LogP contribution in [0.5, 0.6) is 0 Å². The highest BCUT2D eigenvalue weighted by atomic mass is 19.4. The second-order valence-corrected chi connectivity index (χ2v) is 9.50. The van der Waals surface area contributed by atoms with E-state index in [1.54, 1.807) is 26.6 Å². The summed E-state index contributed by atoms with van der Waals surface area (Å²) >= 11 is 0. The Morgan fingerprint density at radius 3 is 2.65 bits per heavy atom. The van der Waals surface area contributed by atoms with Crippen molar-refractivity contribution in [2.45, 2.75) is 51.2 Å². The summed E-state index contributed by atoms with van der Waals surface area (Å²) in [6.45, 7) is 4.57. The number of rotatable bonds is 8. The summed E-state index contributed by atoms with van der Waals surface area (Å²) in [7, 11) is 0. The Labute approximate surface area is 211 Å². The molecule has 1 aliphatic rings. The van der Waals surface area contributed by atoms with Gasteiger partial charge in [-0.2, -0.15) is 13.2 Å². The van der Waals surface area contributed by atoms with Crippen molar-refractivity contribution in [3.05, 3.63) is 53.7 Å². The summed E-state index contributed by atoms with van der Waals surface area (Å²) in [5.74, 6) is -0.507. The third-order valence-corrected chi connectivity index (χ3v) is 6.76. The number of fused-ring (bicyclic) bond motifs is 1. The number of halogens is 4. The van der Waals surface area contributed by atoms with Crippen LogP contribution in [0.4, 0.5) is 23.4 Å². The number of carbonyl (C=O) groups excluding carboxylic acids is 1. The zero-order valence-corrected chi connectivity index (χ0v) is 20.5. The lowest BCUT2D eigenvalue weighted by atomic mass is 9.88. The van der Waals surface area contributed by atoms with Crippen LogP contribution in [-0.4, -0.2) is 73.3 Å². The lowest BCUT2D eigenvalue weighted by Gasteiger charge is -2.42. The number of piperidine rings is 1. The zero-order chi connectivity index (χ0) is 27.0. The van der Waals surface area contributed by atoms with Crippen LogP contribution in [0.15, 0.2) is 36.8 Å². The molecule has 0 spiro atoms. The summed E-state index contributed by atoms with van der Waals surface area (Å²) in [5.41, 5.74) is -1.90. The quantitative estimate of drug-likeness (QED) is 0.439. The number of aliphatic hydroxyl groups excluding tert-OH is 1. The van der Waals surface area contributed by atoms with Gasteiger partial charge in [-0.15, -0.1) is 0 Å². The summed E-state index contributed by atoms with van der Waals surface area (Å²) in [6.07, 6.45) is -2.41. The molecule has 4 rings (SSSR count). The molecular weight excluding hydrogens is 494 g/mol. The Hall–Kier alpha value is -3.09. The van der Waals surface area contributed by atoms with Crippen LogP contribution in [0.2, 0.25) is 0 Å². The first-order valence-corrected chi connectivity index (χ1v) is 11.9. The first kappa shape index (κ1) is 27.0. The maximum Gasteiger partial charge on any atom is 0.416 e. The monoisotopic (exact) mass is 523 g/mol. The molecule has 2 atom stereocenters. The van der Waals surface area contributed by atoms with Crippen LogP contribution >= 0.6 is 0 Å². The fourth-order valence-electron chi connectivity index (χ4n) is 4.73. The predicted molar refractivity (Wildman–Crippen MR) is 128 cm³/mol. The number of β-amino-alcohol motifs (C(OH)–C–C–N with tert-alkyl or cyclic N) is 1. The molecule has 1 aliphatic heterocycles. The van der Waals surface area contributed by atoms with Gasteiger partial charge in [0.2, 0.25) is 0 Å². The number of benzene rings is 1. The van der Waals surface area contributed by atoms with E-state index in [1.165, 1.54) is 13.3 Å². The van der Waals surface area contributed by atoms with Gasteiger partial charge in [0.15, 0.2) is 0 Å². The van der Waals surface area contributed by atoms with Crippen molar-refractivity contribution >= 4 is 22.6 Å². The molecule has 12 heteroatoms. The smallest absolute Gasteiger partial charge is 0.389 e. The van der Waals surface area contributed by atoms with Gasteiger partial charge in [0.1, 0.15) is 35.0 Å². The van der Waals surface area contributed by atoms with Gasteiger partial charge in [0.25, 0.3) is 0 Å². The minimum absolute atomic E-state index is 0.00754. The number of ketones is 1. The van der Waals surface area contributed by atoms with Gasteiger partial charge < -0.3 is 19.7 Å². The molecular formula is C25H29F4N5O3. The Morgan fingerprint density at radius 2 is 2.03 bits per heavy atom. The van der Waals surface area contributed by atoms with E-state index in [-0.39, 0.29) is 43.9 Å². The molecule has 0 saturated carbocycles. The highest BCUT2D eigenvalue weighted by Gasteiger charge is 2.41. The maximum atomic E-state index is 14.5. The van der Waals surface area contributed by atoms with Gasteiger partial charge in [0, 0.05) is 37.9 Å². The second kappa shape index (κ2) is 10.3. The van der Waals surface area contributed by atoms with Crippen LogP contribution in [0, 0.1) is 5.82 Å². The van der Waals surface area contributed by atoms with E-state index in [0.717, 1.165) is 12.1 Å². The van der Waals surface area contributed by atoms with Gasteiger partial charge in [-0.05, 0) is 38.5 Å². The van der Waals surface area contributed by atoms with Crippen molar-refractivity contribution in [2.75, 3.05) is 31.1 Å². The van der Waals surface area contributed by atoms with Crippen molar-refractivity contribution in [3.8, 4) is 0 Å². The molecule has 0 amide bonds. The number of hydrogen-bond donors (Lipinski definition) is 2. The molecule has 1 aromatic carbocycles. The third-order valence-electron chi connectivity index (χ3n) is 6.76. The molecule has 0 bridgehead atoms. The molecule has 2 N–H and O–H groups in total. The summed E-state index contributed by atoms with van der Waals surface area (Å²) in [4.78, 5) is 23.6. The van der Waals surface area contributed by atoms with Gasteiger partial charge in [-0.3, -0.25) is 9.69 Å². The molecule has 0 radical (unpaired) electrons. The van der Waals surface area contributed by atoms with E-state index in [0.29, 0.717) is 36.0 Å². The first-order chi connectivity index (χ1) is 17.4. The van der Waals surface area contributed by atoms with E-state index < -0.39 is 29.3 Å². The summed E-state index contributed by atoms with van der Waals surface area (Å²) < 4.78 is 55.0. The minimum atomic E-state index is -4.63. The van der Waals surface area contributed by atoms with Crippen LogP contribution < -0.4 is 4.90 Å². The number of aromatic nitrogens is 3. The van der Waals surface area contributed by atoms with E-state index in [9.17, 15) is 32.6 Å². The van der Waals surface area contributed by atoms with Crippen LogP contribution in [0.3, 0.4) is 0 Å². The topological polar surface area (TPSA) is 94.7 Å². The number of aliphatic hydroxyl groups is 2. The number of nitrogens with zero attached hydrogens (tertiary/aromatic N) is 5. The van der Waals surface area contributed by atoms with E-state index in [4.69, 9.17) is 0 Å². The summed E-state index contributed by atoms with van der Waals surface area (Å²) in [6, 6.07) is 4.21. The van der Waals surface area contributed by atoms with Crippen molar-refractivity contribution in [1.29, 1.82) is 0 Å². The van der Waals surface area contributed by atoms with E-state index in [1.807, 2.05) is 6.92 Å². The van der Waals surface area contributed by atoms with Crippen molar-refractivity contribution in [1.82, 2.24) is 19.4 Å². The molecule has 3 aromatic rings. The van der Waals surface area contributed by atoms with Crippen molar-refractivity contribution in [2.24, 2.45) is 0 Å². The average Bonchev–Trinajstić information content (AvgIpc) is 3.23. The molecule has 2 unspecified atom stereocenters. The lowest BCUT2D eigenvalue weighted by molar-refractivity contribution is -0.137. The van der Waals surface area contributed by atoms with E-state index >= 15 is 0 Å². The average molecular weight is 524 g/mol. The molecule has 3 heterocycles. The molecule has 1 fully saturated rings. The normalized spacial score (nSPS) is 20.9. The molecule has 1 saturated heterocycles. The molecule has 2 aromatic heterocycles. The fourth-order valence-corrected chi connectivity index (χ4v) is 4.73. The molecule has 200 valence electrons. The SMILES string of the molecule is CCN(Cc1ccc(C(F)(F)F)cc1F)c1ncnc2c1ccn2CC1(O)CCN(CC(C)=O)CC1O. The van der Waals surface area contributed by atoms with Gasteiger partial charge in [-0.25, -0.2) is 14.4 Å². The Balaban J connectivity index is 1.56. The van der Waals surface area contributed by atoms with E-state index in [2.05, 4.69) is 9.97 Å². The predicted octanol–water partition coefficient (Wildman–Crippen LogP) is 3.00. The zero-order valence-electron chi connectivity index (χ0n) is 20.5. The standard InChI is InChI=1S/C25H29F4N5O3/c1-3-33(12-17-4-5-18(10-20(17)26)25(27,28)29)22-19-6-8-34(23(19)31-15-30-22)14-24(37)7-9-32(11-16(2)35)13-21(24)36/h4-6,8,10,15,21,36-37H,3,7,9,11-14H2,1-2H3. The molecule has 0 aliphatic carbocycles. The number of hydrogen-bond acceptors (Lipinski definition) is 7. The summed E-state index contributed by atoms with van der Waals surface area (Å²) in [5, 5.41) is 22.5. The third kappa shape index (κ3) is 5.76. The number of carbonyl (C=O) groups is 1. The van der Waals surface area contributed by atoms with Gasteiger partial charge in [0.05, 0.1) is 30.1 Å². The number of alkyl halides is 3. The van der Waals surface area contributed by atoms with Crippen molar-refractivity contribution < 1.29 is 32.6 Å². The highest BCUT2D eigenvalue weighted by Crippen LogP contribution is 2.32. The minimum Gasteiger partial charge on any atom is -0.389 e. The van der Waals surface area contributed by atoms with Crippen molar-refractivity contribution in [3.63, 3.8) is 0 Å². The number of Topliss-reactive ketones (excluding diaryl/α,β-unsaturated/α-hetero) is 1. The van der Waals surface area contributed by atoms with Crippen LogP contribution in [-0.2, 0) is 24.1 Å². The first-order valence-electron chi connectivity index (χ1n) is 11.9. The Kier molecular flexibility index (Phi) is 7.54. The second-order valence-electron chi connectivity index (χ2n) is 9.50. The largest absolute Gasteiger partial charge is 0.416 e. The molecule has 37 heavy (non-hydrogen) atoms. The van der Waals surface area contributed by atoms with Crippen LogP contribution in [0.25, 0.3) is 11.0 Å². The number of anilines is 1. The Bertz CT molecular complexity index is 1280. The molecule has 8 nitrogen and oxygen atoms in total. The highest BCUT2D eigenvalue weighted by molar-refractivity contribution is 5.87.